The predicted octanol–water partition coefficient (Wildman–Crippen LogP) is 4.77. The third-order valence-corrected chi connectivity index (χ3v) is 3.90. The molecule has 3 aromatic rings. The van der Waals surface area contributed by atoms with Crippen molar-refractivity contribution in [2.75, 3.05) is 10.2 Å². The lowest BCUT2D eigenvalue weighted by atomic mass is 10.2. The average molecular weight is 344 g/mol. The van der Waals surface area contributed by atoms with Gasteiger partial charge in [0, 0.05) is 29.9 Å². The molecule has 26 heavy (non-hydrogen) atoms. The molecule has 0 bridgehead atoms. The lowest BCUT2D eigenvalue weighted by molar-refractivity contribution is -0.122. The molecule has 0 radical (unpaired) electrons. The maximum atomic E-state index is 12.8. The summed E-state index contributed by atoms with van der Waals surface area (Å²) in [4.78, 5) is 26.6. The lowest BCUT2D eigenvalue weighted by Crippen LogP contribution is -2.27. The van der Waals surface area contributed by atoms with Gasteiger partial charge in [-0.1, -0.05) is 54.6 Å². The van der Waals surface area contributed by atoms with E-state index in [1.165, 1.54) is 0 Å². The van der Waals surface area contributed by atoms with Crippen LogP contribution < -0.4 is 10.2 Å². The molecule has 0 aliphatic carbocycles. The SMILES string of the molecule is O=C(CCC(=O)N(c1ccccc1)c1ccccc1)Nc1ccccc1. The summed E-state index contributed by atoms with van der Waals surface area (Å²) in [5.74, 6) is -0.295. The fourth-order valence-electron chi connectivity index (χ4n) is 2.67. The van der Waals surface area contributed by atoms with E-state index in [9.17, 15) is 9.59 Å². The average Bonchev–Trinajstić information content (AvgIpc) is 2.69. The first kappa shape index (κ1) is 17.4. The van der Waals surface area contributed by atoms with Gasteiger partial charge in [-0.25, -0.2) is 0 Å². The Morgan fingerprint density at radius 2 is 1.12 bits per heavy atom. The summed E-state index contributed by atoms with van der Waals surface area (Å²) in [6.07, 6.45) is 0.256. The molecule has 0 aromatic heterocycles. The van der Waals surface area contributed by atoms with Crippen LogP contribution in [0.5, 0.6) is 0 Å². The van der Waals surface area contributed by atoms with Crippen LogP contribution in [0, 0.1) is 0 Å². The summed E-state index contributed by atoms with van der Waals surface area (Å²) in [6.45, 7) is 0. The van der Waals surface area contributed by atoms with Gasteiger partial charge >= 0.3 is 0 Å². The number of hydrogen-bond donors (Lipinski definition) is 1. The molecule has 4 nitrogen and oxygen atoms in total. The van der Waals surface area contributed by atoms with E-state index in [0.29, 0.717) is 0 Å². The number of para-hydroxylation sites is 3. The van der Waals surface area contributed by atoms with Crippen LogP contribution in [0.25, 0.3) is 0 Å². The molecule has 0 heterocycles. The lowest BCUT2D eigenvalue weighted by Gasteiger charge is -2.23. The minimum absolute atomic E-state index is 0.120. The Bertz CT molecular complexity index is 810. The molecule has 0 saturated carbocycles. The van der Waals surface area contributed by atoms with Crippen molar-refractivity contribution in [1.29, 1.82) is 0 Å². The van der Waals surface area contributed by atoms with Gasteiger partial charge in [-0.3, -0.25) is 14.5 Å². The molecule has 4 heteroatoms. The summed E-state index contributed by atoms with van der Waals surface area (Å²) < 4.78 is 0. The largest absolute Gasteiger partial charge is 0.326 e. The predicted molar refractivity (Wildman–Crippen MR) is 104 cm³/mol. The molecule has 3 rings (SSSR count). The second-order valence-corrected chi connectivity index (χ2v) is 5.81. The molecule has 2 amide bonds. The second kappa shape index (κ2) is 8.62. The van der Waals surface area contributed by atoms with E-state index < -0.39 is 0 Å². The Labute approximate surface area is 153 Å². The maximum absolute atomic E-state index is 12.8. The van der Waals surface area contributed by atoms with E-state index in [1.807, 2.05) is 91.0 Å². The van der Waals surface area contributed by atoms with Crippen molar-refractivity contribution < 1.29 is 9.59 Å². The molecule has 1 N–H and O–H groups in total. The first-order valence-electron chi connectivity index (χ1n) is 8.52. The quantitative estimate of drug-likeness (QED) is 0.700. The van der Waals surface area contributed by atoms with Crippen molar-refractivity contribution in [2.24, 2.45) is 0 Å². The molecule has 0 aliphatic heterocycles. The first-order valence-corrected chi connectivity index (χ1v) is 8.52. The topological polar surface area (TPSA) is 49.4 Å². The number of carbonyl (C=O) groups excluding carboxylic acids is 2. The fraction of sp³-hybridized carbons (Fsp3) is 0.0909. The highest BCUT2D eigenvalue weighted by atomic mass is 16.2. The number of carbonyl (C=O) groups is 2. The van der Waals surface area contributed by atoms with Gasteiger partial charge in [-0.2, -0.15) is 0 Å². The van der Waals surface area contributed by atoms with Gasteiger partial charge in [0.2, 0.25) is 11.8 Å². The standard InChI is InChI=1S/C22H20N2O2/c25-21(23-18-10-4-1-5-11-18)16-17-22(26)24(19-12-6-2-7-13-19)20-14-8-3-9-15-20/h1-15H,16-17H2,(H,23,25). The zero-order chi connectivity index (χ0) is 18.2. The minimum Gasteiger partial charge on any atom is -0.326 e. The zero-order valence-corrected chi connectivity index (χ0v) is 14.3. The fourth-order valence-corrected chi connectivity index (χ4v) is 2.67. The summed E-state index contributed by atoms with van der Waals surface area (Å²) in [7, 11) is 0. The third kappa shape index (κ3) is 4.57. The van der Waals surface area contributed by atoms with Crippen LogP contribution in [0.2, 0.25) is 0 Å². The monoisotopic (exact) mass is 344 g/mol. The van der Waals surface area contributed by atoms with Crippen LogP contribution in [0.3, 0.4) is 0 Å². The molecule has 0 fully saturated rings. The van der Waals surface area contributed by atoms with Crippen LogP contribution in [-0.4, -0.2) is 11.8 Å². The third-order valence-electron chi connectivity index (χ3n) is 3.90. The van der Waals surface area contributed by atoms with Crippen molar-refractivity contribution in [1.82, 2.24) is 0 Å². The Hall–Kier alpha value is -3.40. The molecule has 0 aliphatic rings. The van der Waals surface area contributed by atoms with Crippen molar-refractivity contribution >= 4 is 28.9 Å². The number of hydrogen-bond acceptors (Lipinski definition) is 2. The summed E-state index contributed by atoms with van der Waals surface area (Å²) in [5, 5.41) is 2.81. The van der Waals surface area contributed by atoms with Crippen molar-refractivity contribution in [3.63, 3.8) is 0 Å². The van der Waals surface area contributed by atoms with E-state index in [-0.39, 0.29) is 24.7 Å². The molecule has 0 unspecified atom stereocenters. The van der Waals surface area contributed by atoms with Crippen molar-refractivity contribution in [3.05, 3.63) is 91.0 Å². The van der Waals surface area contributed by atoms with Gasteiger partial charge in [-0.05, 0) is 36.4 Å². The summed E-state index contributed by atoms with van der Waals surface area (Å²) in [5.41, 5.74) is 2.30. The van der Waals surface area contributed by atoms with Gasteiger partial charge in [0.15, 0.2) is 0 Å². The van der Waals surface area contributed by atoms with Crippen molar-refractivity contribution in [2.45, 2.75) is 12.8 Å². The van der Waals surface area contributed by atoms with Gasteiger partial charge in [0.1, 0.15) is 0 Å². The summed E-state index contributed by atoms with van der Waals surface area (Å²) >= 11 is 0. The number of nitrogens with one attached hydrogen (secondary N) is 1. The molecule has 130 valence electrons. The Morgan fingerprint density at radius 3 is 1.62 bits per heavy atom. The van der Waals surface area contributed by atoms with E-state index in [2.05, 4.69) is 5.32 Å². The molecular formula is C22H20N2O2. The smallest absolute Gasteiger partial charge is 0.232 e. The van der Waals surface area contributed by atoms with E-state index in [0.717, 1.165) is 17.1 Å². The molecule has 0 atom stereocenters. The van der Waals surface area contributed by atoms with Crippen LogP contribution >= 0.6 is 0 Å². The molecular weight excluding hydrogens is 324 g/mol. The van der Waals surface area contributed by atoms with Gasteiger partial charge in [0.25, 0.3) is 0 Å². The van der Waals surface area contributed by atoms with Crippen molar-refractivity contribution in [3.8, 4) is 0 Å². The van der Waals surface area contributed by atoms with E-state index in [1.54, 1.807) is 4.90 Å². The Balaban J connectivity index is 1.69. The highest BCUT2D eigenvalue weighted by Gasteiger charge is 2.18. The minimum atomic E-state index is -0.175. The molecule has 3 aromatic carbocycles. The van der Waals surface area contributed by atoms with Crippen LogP contribution in [0.1, 0.15) is 12.8 Å². The number of benzene rings is 3. The first-order chi connectivity index (χ1) is 12.7. The highest BCUT2D eigenvalue weighted by Crippen LogP contribution is 2.26. The van der Waals surface area contributed by atoms with E-state index in [4.69, 9.17) is 0 Å². The molecule has 0 saturated heterocycles. The number of anilines is 3. The second-order valence-electron chi connectivity index (χ2n) is 5.81. The van der Waals surface area contributed by atoms with Crippen LogP contribution in [0.15, 0.2) is 91.0 Å². The van der Waals surface area contributed by atoms with Gasteiger partial charge in [0.05, 0.1) is 0 Å². The normalized spacial score (nSPS) is 10.2. The molecule has 0 spiro atoms. The zero-order valence-electron chi connectivity index (χ0n) is 14.3. The Morgan fingerprint density at radius 1 is 0.654 bits per heavy atom. The highest BCUT2D eigenvalue weighted by molar-refractivity contribution is 6.02. The van der Waals surface area contributed by atoms with Crippen LogP contribution in [-0.2, 0) is 9.59 Å². The van der Waals surface area contributed by atoms with E-state index >= 15 is 0 Å². The summed E-state index contributed by atoms with van der Waals surface area (Å²) in [6, 6.07) is 28.1. The number of nitrogens with zero attached hydrogens (tertiary/aromatic N) is 1. The van der Waals surface area contributed by atoms with Gasteiger partial charge < -0.3 is 5.32 Å². The van der Waals surface area contributed by atoms with Gasteiger partial charge in [-0.15, -0.1) is 0 Å². The maximum Gasteiger partial charge on any atom is 0.232 e. The number of rotatable bonds is 6. The Kier molecular flexibility index (Phi) is 5.78. The number of amides is 2. The van der Waals surface area contributed by atoms with Crippen LogP contribution in [0.4, 0.5) is 17.1 Å².